The standard InChI is InChI=1S/C17H32O2/c1-4-6-7-8-9-10-11-12-13-14-16(3)17(18)19-15-5-2/h14H,4-13,15H2,1-3H3. The largest absolute Gasteiger partial charge is 0.462 e. The fourth-order valence-electron chi connectivity index (χ4n) is 1.99. The first-order valence-corrected chi connectivity index (χ1v) is 8.06. The molecule has 0 atom stereocenters. The van der Waals surface area contributed by atoms with Gasteiger partial charge in [0.25, 0.3) is 0 Å². The molecule has 0 fully saturated rings. The molecule has 0 heterocycles. The van der Waals surface area contributed by atoms with E-state index in [0.29, 0.717) is 6.61 Å². The molecule has 0 bridgehead atoms. The molecule has 0 aromatic rings. The number of carbonyl (C=O) groups excluding carboxylic acids is 1. The van der Waals surface area contributed by atoms with E-state index in [2.05, 4.69) is 6.92 Å². The van der Waals surface area contributed by atoms with Crippen LogP contribution in [0, 0.1) is 0 Å². The summed E-state index contributed by atoms with van der Waals surface area (Å²) in [6.07, 6.45) is 14.5. The molecule has 0 unspecified atom stereocenters. The summed E-state index contributed by atoms with van der Waals surface area (Å²) < 4.78 is 5.08. The molecule has 0 aromatic carbocycles. The van der Waals surface area contributed by atoms with Gasteiger partial charge in [-0.2, -0.15) is 0 Å². The van der Waals surface area contributed by atoms with Gasteiger partial charge in [-0.25, -0.2) is 4.79 Å². The molecular formula is C17H32O2. The molecule has 0 saturated heterocycles. The Morgan fingerprint density at radius 2 is 1.47 bits per heavy atom. The molecule has 0 N–H and O–H groups in total. The highest BCUT2D eigenvalue weighted by Gasteiger charge is 2.03. The highest BCUT2D eigenvalue weighted by Crippen LogP contribution is 2.10. The highest BCUT2D eigenvalue weighted by atomic mass is 16.5. The van der Waals surface area contributed by atoms with Crippen LogP contribution in [-0.4, -0.2) is 12.6 Å². The van der Waals surface area contributed by atoms with Crippen LogP contribution in [0.4, 0.5) is 0 Å². The van der Waals surface area contributed by atoms with Crippen LogP contribution in [0.5, 0.6) is 0 Å². The van der Waals surface area contributed by atoms with Gasteiger partial charge in [0.05, 0.1) is 6.61 Å². The molecular weight excluding hydrogens is 236 g/mol. The Labute approximate surface area is 119 Å². The first-order chi connectivity index (χ1) is 9.22. The van der Waals surface area contributed by atoms with E-state index in [1.165, 1.54) is 51.4 Å². The monoisotopic (exact) mass is 268 g/mol. The maximum absolute atomic E-state index is 11.5. The first kappa shape index (κ1) is 18.2. The van der Waals surface area contributed by atoms with E-state index < -0.39 is 0 Å². The lowest BCUT2D eigenvalue weighted by atomic mass is 10.1. The second-order valence-corrected chi connectivity index (χ2v) is 5.29. The maximum Gasteiger partial charge on any atom is 0.333 e. The zero-order valence-electron chi connectivity index (χ0n) is 13.2. The van der Waals surface area contributed by atoms with Gasteiger partial charge in [0, 0.05) is 5.57 Å². The van der Waals surface area contributed by atoms with E-state index >= 15 is 0 Å². The fourth-order valence-corrected chi connectivity index (χ4v) is 1.99. The Balaban J connectivity index is 3.43. The second-order valence-electron chi connectivity index (χ2n) is 5.29. The second kappa shape index (κ2) is 13.6. The lowest BCUT2D eigenvalue weighted by molar-refractivity contribution is -0.139. The van der Waals surface area contributed by atoms with E-state index in [1.54, 1.807) is 0 Å². The van der Waals surface area contributed by atoms with Gasteiger partial charge in [-0.1, -0.05) is 64.9 Å². The van der Waals surface area contributed by atoms with Crippen LogP contribution in [0.2, 0.25) is 0 Å². The van der Waals surface area contributed by atoms with Crippen LogP contribution >= 0.6 is 0 Å². The summed E-state index contributed by atoms with van der Waals surface area (Å²) in [5.74, 6) is -0.151. The minimum absolute atomic E-state index is 0.151. The summed E-state index contributed by atoms with van der Waals surface area (Å²) in [6.45, 7) is 6.64. The zero-order chi connectivity index (χ0) is 14.3. The van der Waals surface area contributed by atoms with E-state index in [9.17, 15) is 4.79 Å². The zero-order valence-corrected chi connectivity index (χ0v) is 13.2. The van der Waals surface area contributed by atoms with Crippen molar-refractivity contribution in [2.24, 2.45) is 0 Å². The quantitative estimate of drug-likeness (QED) is 0.268. The van der Waals surface area contributed by atoms with E-state index in [1.807, 2.05) is 19.9 Å². The molecule has 0 aromatic heterocycles. The average molecular weight is 268 g/mol. The van der Waals surface area contributed by atoms with Crippen molar-refractivity contribution >= 4 is 5.97 Å². The molecule has 0 saturated carbocycles. The van der Waals surface area contributed by atoms with Crippen molar-refractivity contribution in [3.8, 4) is 0 Å². The van der Waals surface area contributed by atoms with Gasteiger partial charge in [0.2, 0.25) is 0 Å². The molecule has 0 spiro atoms. The minimum atomic E-state index is -0.151. The summed E-state index contributed by atoms with van der Waals surface area (Å²) in [4.78, 5) is 11.5. The Kier molecular flexibility index (Phi) is 13.1. The van der Waals surface area contributed by atoms with Crippen LogP contribution in [-0.2, 0) is 9.53 Å². The predicted molar refractivity (Wildman–Crippen MR) is 82.2 cm³/mol. The van der Waals surface area contributed by atoms with Gasteiger partial charge >= 0.3 is 5.97 Å². The topological polar surface area (TPSA) is 26.3 Å². The SMILES string of the molecule is CCCCCCCCCCC=C(C)C(=O)OCCC. The highest BCUT2D eigenvalue weighted by molar-refractivity contribution is 5.87. The molecule has 0 aliphatic rings. The molecule has 0 aliphatic heterocycles. The third-order valence-corrected chi connectivity index (χ3v) is 3.27. The summed E-state index contributed by atoms with van der Waals surface area (Å²) in [5.41, 5.74) is 0.761. The molecule has 0 aliphatic carbocycles. The van der Waals surface area contributed by atoms with Crippen molar-refractivity contribution in [1.29, 1.82) is 0 Å². The van der Waals surface area contributed by atoms with Gasteiger partial charge in [-0.3, -0.25) is 0 Å². The van der Waals surface area contributed by atoms with Crippen molar-refractivity contribution in [2.75, 3.05) is 6.61 Å². The van der Waals surface area contributed by atoms with Gasteiger partial charge in [0.15, 0.2) is 0 Å². The van der Waals surface area contributed by atoms with Gasteiger partial charge in [0.1, 0.15) is 0 Å². The predicted octanol–water partition coefficient (Wildman–Crippen LogP) is 5.42. The van der Waals surface area contributed by atoms with Crippen LogP contribution in [0.25, 0.3) is 0 Å². The molecule has 112 valence electrons. The number of hydrogen-bond acceptors (Lipinski definition) is 2. The third kappa shape index (κ3) is 12.0. The van der Waals surface area contributed by atoms with Crippen molar-refractivity contribution in [3.05, 3.63) is 11.6 Å². The van der Waals surface area contributed by atoms with Crippen LogP contribution in [0.3, 0.4) is 0 Å². The summed E-state index contributed by atoms with van der Waals surface area (Å²) >= 11 is 0. The van der Waals surface area contributed by atoms with E-state index in [4.69, 9.17) is 4.74 Å². The summed E-state index contributed by atoms with van der Waals surface area (Å²) in [6, 6.07) is 0. The van der Waals surface area contributed by atoms with Crippen molar-refractivity contribution < 1.29 is 9.53 Å². The Morgan fingerprint density at radius 3 is 2.05 bits per heavy atom. The van der Waals surface area contributed by atoms with Crippen LogP contribution < -0.4 is 0 Å². The lowest BCUT2D eigenvalue weighted by Crippen LogP contribution is -2.06. The number of carbonyl (C=O) groups is 1. The van der Waals surface area contributed by atoms with Crippen molar-refractivity contribution in [3.63, 3.8) is 0 Å². The number of esters is 1. The molecule has 0 radical (unpaired) electrons. The van der Waals surface area contributed by atoms with Gasteiger partial charge in [-0.15, -0.1) is 0 Å². The molecule has 0 amide bonds. The maximum atomic E-state index is 11.5. The average Bonchev–Trinajstić information content (AvgIpc) is 2.42. The Bertz CT molecular complexity index is 244. The Hall–Kier alpha value is -0.790. The van der Waals surface area contributed by atoms with Crippen LogP contribution in [0.1, 0.15) is 85.0 Å². The van der Waals surface area contributed by atoms with Gasteiger partial charge in [-0.05, 0) is 26.2 Å². The molecule has 19 heavy (non-hydrogen) atoms. The summed E-state index contributed by atoms with van der Waals surface area (Å²) in [5, 5.41) is 0. The van der Waals surface area contributed by atoms with Crippen molar-refractivity contribution in [1.82, 2.24) is 0 Å². The van der Waals surface area contributed by atoms with Crippen LogP contribution in [0.15, 0.2) is 11.6 Å². The molecule has 2 heteroatoms. The van der Waals surface area contributed by atoms with E-state index in [-0.39, 0.29) is 5.97 Å². The number of unbranched alkanes of at least 4 members (excludes halogenated alkanes) is 8. The minimum Gasteiger partial charge on any atom is -0.462 e. The first-order valence-electron chi connectivity index (χ1n) is 8.06. The molecule has 0 rings (SSSR count). The lowest BCUT2D eigenvalue weighted by Gasteiger charge is -2.03. The number of rotatable bonds is 12. The Morgan fingerprint density at radius 1 is 0.895 bits per heavy atom. The number of allylic oxidation sites excluding steroid dienone is 1. The number of hydrogen-bond donors (Lipinski definition) is 0. The summed E-state index contributed by atoms with van der Waals surface area (Å²) in [7, 11) is 0. The smallest absolute Gasteiger partial charge is 0.333 e. The normalized spacial score (nSPS) is 11.6. The van der Waals surface area contributed by atoms with Crippen molar-refractivity contribution in [2.45, 2.75) is 85.0 Å². The van der Waals surface area contributed by atoms with Gasteiger partial charge < -0.3 is 4.74 Å². The third-order valence-electron chi connectivity index (χ3n) is 3.27. The van der Waals surface area contributed by atoms with E-state index in [0.717, 1.165) is 18.4 Å². The molecule has 2 nitrogen and oxygen atoms in total. The fraction of sp³-hybridized carbons (Fsp3) is 0.824. The number of ether oxygens (including phenoxy) is 1.